The fraction of sp³-hybridized carbons (Fsp3) is 0.679. The topological polar surface area (TPSA) is 170 Å². The highest BCUT2D eigenvalue weighted by Crippen LogP contribution is 2.79. The number of thiocarbonyl (C=S) groups is 1. The van der Waals surface area contributed by atoms with E-state index in [1.807, 2.05) is 0 Å². The number of carbonyl (C=O) groups is 2. The Labute approximate surface area is 241 Å². The molecule has 5 fully saturated rings. The van der Waals surface area contributed by atoms with Crippen molar-refractivity contribution in [1.29, 1.82) is 0 Å². The molecule has 2 aliphatic carbocycles. The first-order valence-electron chi connectivity index (χ1n) is 13.6. The molecule has 5 aliphatic rings. The number of esters is 2. The Hall–Kier alpha value is -2.39. The molecule has 4 N–H and O–H groups in total. The molecule has 2 saturated carbocycles. The maximum Gasteiger partial charge on any atom is 0.358 e. The Morgan fingerprint density at radius 1 is 1.05 bits per heavy atom. The third kappa shape index (κ3) is 3.39. The first-order valence-corrected chi connectivity index (χ1v) is 14.0. The summed E-state index contributed by atoms with van der Waals surface area (Å²) in [6.07, 6.45) is -12.0. The van der Waals surface area contributed by atoms with Crippen LogP contribution in [0.2, 0.25) is 0 Å². The average molecular weight is 595 g/mol. The SMILES string of the molecule is CC(O)OC1[C@H](O)[C@@H](C(C)(C)C)C23C(OC(=O)[C@@H]2O)OC2C13[C@@H](OC(=S)Oc1ccccc1)C1OC(=O)[C@@H](C)[C@@]12O. The second-order valence-corrected chi connectivity index (χ2v) is 13.0. The number of ether oxygens (including phenoxy) is 6. The Bertz CT molecular complexity index is 1270. The van der Waals surface area contributed by atoms with Crippen LogP contribution in [0, 0.1) is 28.1 Å². The highest BCUT2D eigenvalue weighted by molar-refractivity contribution is 7.79. The Kier molecular flexibility index (Phi) is 6.34. The molecule has 0 aromatic heterocycles. The zero-order chi connectivity index (χ0) is 29.9. The maximum atomic E-state index is 13.1. The van der Waals surface area contributed by atoms with Gasteiger partial charge in [-0.3, -0.25) is 4.79 Å². The van der Waals surface area contributed by atoms with E-state index in [0.29, 0.717) is 5.75 Å². The van der Waals surface area contributed by atoms with Gasteiger partial charge >= 0.3 is 17.2 Å². The summed E-state index contributed by atoms with van der Waals surface area (Å²) in [5, 5.41) is 46.1. The van der Waals surface area contributed by atoms with E-state index in [1.165, 1.54) is 13.8 Å². The zero-order valence-electron chi connectivity index (χ0n) is 23.1. The molecule has 3 aliphatic heterocycles. The minimum absolute atomic E-state index is 0.335. The van der Waals surface area contributed by atoms with Crippen molar-refractivity contribution >= 4 is 29.4 Å². The number of fused-ring (bicyclic) bond motifs is 2. The standard InChI is InChI=1S/C28H34O12S/c1-11-20(32)37-19-18(38-24(41)36-13-9-7-6-8-10-13)27-17(35-12(2)29)14(30)15(25(3,4)5)26(27)16(31)21(33)39-23(26)40-22(27)28(11,19)34/h6-12,14-19,22-23,29-31,34H,1-5H3/t11-,12?,14-,15+,16+,17?,18+,19?,22?,23?,26?,27?,28-/m1/s1. The molecule has 13 atom stereocenters. The summed E-state index contributed by atoms with van der Waals surface area (Å²) >= 11 is 5.45. The lowest BCUT2D eigenvalue weighted by molar-refractivity contribution is -0.226. The van der Waals surface area contributed by atoms with Crippen LogP contribution in [0.25, 0.3) is 0 Å². The summed E-state index contributed by atoms with van der Waals surface area (Å²) in [6.45, 7) is 8.21. The number of hydrogen-bond acceptors (Lipinski definition) is 13. The van der Waals surface area contributed by atoms with E-state index in [-0.39, 0.29) is 0 Å². The van der Waals surface area contributed by atoms with Crippen LogP contribution >= 0.6 is 12.2 Å². The van der Waals surface area contributed by atoms with Gasteiger partial charge in [-0.2, -0.15) is 0 Å². The van der Waals surface area contributed by atoms with Gasteiger partial charge in [-0.15, -0.1) is 0 Å². The third-order valence-corrected chi connectivity index (χ3v) is 9.91. The Balaban J connectivity index is 1.60. The number of benzene rings is 1. The van der Waals surface area contributed by atoms with Crippen molar-refractivity contribution in [2.75, 3.05) is 0 Å². The summed E-state index contributed by atoms with van der Waals surface area (Å²) in [6, 6.07) is 8.49. The summed E-state index contributed by atoms with van der Waals surface area (Å²) in [7, 11) is 0. The van der Waals surface area contributed by atoms with Gasteiger partial charge in [0.2, 0.25) is 6.29 Å². The number of aliphatic hydroxyl groups excluding tert-OH is 3. The second kappa shape index (κ2) is 9.06. The molecule has 3 heterocycles. The smallest absolute Gasteiger partial charge is 0.358 e. The monoisotopic (exact) mass is 594 g/mol. The van der Waals surface area contributed by atoms with Gasteiger partial charge in [0.05, 0.1) is 29.0 Å². The van der Waals surface area contributed by atoms with Gasteiger partial charge in [0.15, 0.2) is 24.6 Å². The lowest BCUT2D eigenvalue weighted by Gasteiger charge is -2.48. The van der Waals surface area contributed by atoms with Crippen molar-refractivity contribution < 1.29 is 58.4 Å². The molecule has 0 bridgehead atoms. The molecule has 41 heavy (non-hydrogen) atoms. The van der Waals surface area contributed by atoms with E-state index in [0.717, 1.165) is 0 Å². The maximum absolute atomic E-state index is 13.1. The minimum Gasteiger partial charge on any atom is -0.455 e. The first-order chi connectivity index (χ1) is 19.1. The van der Waals surface area contributed by atoms with Crippen LogP contribution in [0.4, 0.5) is 0 Å². The molecule has 7 unspecified atom stereocenters. The minimum atomic E-state index is -2.10. The molecule has 2 spiro atoms. The highest BCUT2D eigenvalue weighted by atomic mass is 32.1. The van der Waals surface area contributed by atoms with E-state index in [4.69, 9.17) is 40.6 Å². The molecule has 3 saturated heterocycles. The van der Waals surface area contributed by atoms with Gasteiger partial charge in [0, 0.05) is 18.1 Å². The van der Waals surface area contributed by atoms with E-state index in [2.05, 4.69) is 0 Å². The average Bonchev–Trinajstić information content (AvgIpc) is 3.52. The fourth-order valence-electron chi connectivity index (χ4n) is 8.60. The molecule has 6 rings (SSSR count). The van der Waals surface area contributed by atoms with Gasteiger partial charge in [-0.25, -0.2) is 4.79 Å². The molecule has 1 aromatic rings. The van der Waals surface area contributed by atoms with Crippen molar-refractivity contribution in [1.82, 2.24) is 0 Å². The van der Waals surface area contributed by atoms with Crippen molar-refractivity contribution in [2.45, 2.75) is 89.4 Å². The summed E-state index contributed by atoms with van der Waals surface area (Å²) in [5.41, 5.74) is -6.58. The number of carbonyl (C=O) groups excluding carboxylic acids is 2. The molecule has 224 valence electrons. The highest BCUT2D eigenvalue weighted by Gasteiger charge is 2.96. The molecule has 0 amide bonds. The van der Waals surface area contributed by atoms with Crippen LogP contribution in [0.15, 0.2) is 30.3 Å². The molecular formula is C28H34O12S. The van der Waals surface area contributed by atoms with Crippen LogP contribution in [-0.2, 0) is 33.3 Å². The largest absolute Gasteiger partial charge is 0.455 e. The number of para-hydroxylation sites is 1. The van der Waals surface area contributed by atoms with Crippen LogP contribution in [0.1, 0.15) is 34.6 Å². The van der Waals surface area contributed by atoms with Gasteiger partial charge in [-0.1, -0.05) is 39.0 Å². The number of rotatable bonds is 4. The quantitative estimate of drug-likeness (QED) is 0.215. The lowest BCUT2D eigenvalue weighted by atomic mass is 9.53. The van der Waals surface area contributed by atoms with Crippen molar-refractivity contribution in [3.63, 3.8) is 0 Å². The summed E-state index contributed by atoms with van der Waals surface area (Å²) in [5.74, 6) is -3.53. The van der Waals surface area contributed by atoms with Gasteiger partial charge < -0.3 is 48.8 Å². The van der Waals surface area contributed by atoms with Crippen molar-refractivity contribution in [2.24, 2.45) is 28.1 Å². The number of hydrogen-bond donors (Lipinski definition) is 4. The first kappa shape index (κ1) is 28.7. The zero-order valence-corrected chi connectivity index (χ0v) is 23.9. The summed E-state index contributed by atoms with van der Waals surface area (Å²) in [4.78, 5) is 26.0. The molecule has 0 radical (unpaired) electrons. The van der Waals surface area contributed by atoms with Crippen LogP contribution < -0.4 is 4.74 Å². The van der Waals surface area contributed by atoms with Gasteiger partial charge in [-0.05, 0) is 31.4 Å². The van der Waals surface area contributed by atoms with Crippen molar-refractivity contribution in [3.8, 4) is 5.75 Å². The summed E-state index contributed by atoms with van der Waals surface area (Å²) < 4.78 is 35.6. The van der Waals surface area contributed by atoms with E-state index < -0.39 is 100 Å². The van der Waals surface area contributed by atoms with Crippen LogP contribution in [0.5, 0.6) is 5.75 Å². The third-order valence-electron chi connectivity index (χ3n) is 9.73. The molecule has 12 nitrogen and oxygen atoms in total. The van der Waals surface area contributed by atoms with Gasteiger partial charge in [0.1, 0.15) is 17.5 Å². The molecule has 1 aromatic carbocycles. The van der Waals surface area contributed by atoms with E-state index >= 15 is 0 Å². The van der Waals surface area contributed by atoms with Crippen molar-refractivity contribution in [3.05, 3.63) is 30.3 Å². The lowest BCUT2D eigenvalue weighted by Crippen LogP contribution is -2.63. The predicted molar refractivity (Wildman–Crippen MR) is 140 cm³/mol. The van der Waals surface area contributed by atoms with E-state index in [1.54, 1.807) is 51.1 Å². The fourth-order valence-corrected chi connectivity index (χ4v) is 8.80. The predicted octanol–water partition coefficient (Wildman–Crippen LogP) is 0.417. The number of aliphatic hydroxyl groups is 4. The second-order valence-electron chi connectivity index (χ2n) is 12.7. The van der Waals surface area contributed by atoms with Crippen LogP contribution in [-0.4, -0.2) is 92.4 Å². The normalized spacial score (nSPS) is 46.7. The molecular weight excluding hydrogens is 560 g/mol. The Morgan fingerprint density at radius 2 is 1.71 bits per heavy atom. The Morgan fingerprint density at radius 3 is 2.32 bits per heavy atom. The van der Waals surface area contributed by atoms with Gasteiger partial charge in [0.25, 0.3) is 0 Å². The molecule has 13 heteroatoms. The van der Waals surface area contributed by atoms with E-state index in [9.17, 15) is 30.0 Å². The van der Waals surface area contributed by atoms with Crippen LogP contribution in [0.3, 0.4) is 0 Å².